The zero-order valence-electron chi connectivity index (χ0n) is 11.0. The van der Waals surface area contributed by atoms with Crippen molar-refractivity contribution in [3.05, 3.63) is 64.9 Å². The number of benzene rings is 2. The third-order valence-electron chi connectivity index (χ3n) is 2.55. The van der Waals surface area contributed by atoms with Crippen LogP contribution in [0.2, 0.25) is 5.02 Å². The first-order chi connectivity index (χ1) is 10.1. The van der Waals surface area contributed by atoms with Crippen molar-refractivity contribution in [1.29, 1.82) is 0 Å². The summed E-state index contributed by atoms with van der Waals surface area (Å²) in [7, 11) is 0. The van der Waals surface area contributed by atoms with Crippen LogP contribution in [0.1, 0.15) is 5.56 Å². The van der Waals surface area contributed by atoms with Crippen molar-refractivity contribution in [2.24, 2.45) is 5.10 Å². The van der Waals surface area contributed by atoms with Gasteiger partial charge >= 0.3 is 0 Å². The van der Waals surface area contributed by atoms with E-state index >= 15 is 0 Å². The van der Waals surface area contributed by atoms with Gasteiger partial charge in [-0.25, -0.2) is 9.82 Å². The van der Waals surface area contributed by atoms with Crippen molar-refractivity contribution in [2.75, 3.05) is 11.9 Å². The number of hydrogen-bond acceptors (Lipinski definition) is 3. The molecule has 0 aliphatic carbocycles. The van der Waals surface area contributed by atoms with E-state index in [0.29, 0.717) is 10.7 Å². The van der Waals surface area contributed by atoms with Crippen LogP contribution in [0.5, 0.6) is 0 Å². The third kappa shape index (κ3) is 5.24. The molecule has 4 nitrogen and oxygen atoms in total. The van der Waals surface area contributed by atoms with Gasteiger partial charge in [0.05, 0.1) is 12.8 Å². The molecule has 0 aromatic heterocycles. The lowest BCUT2D eigenvalue weighted by atomic mass is 10.2. The molecule has 0 saturated heterocycles. The van der Waals surface area contributed by atoms with Crippen LogP contribution in [0.4, 0.5) is 10.1 Å². The molecule has 2 aromatic rings. The monoisotopic (exact) mass is 305 g/mol. The number of halogens is 2. The largest absolute Gasteiger partial charge is 0.376 e. The van der Waals surface area contributed by atoms with Gasteiger partial charge in [0.2, 0.25) is 0 Å². The highest BCUT2D eigenvalue weighted by atomic mass is 35.5. The summed E-state index contributed by atoms with van der Waals surface area (Å²) in [6.45, 7) is 0.0402. The van der Waals surface area contributed by atoms with E-state index in [9.17, 15) is 9.18 Å². The van der Waals surface area contributed by atoms with Crippen LogP contribution in [0.25, 0.3) is 0 Å². The molecule has 0 fully saturated rings. The van der Waals surface area contributed by atoms with Crippen molar-refractivity contribution < 1.29 is 9.18 Å². The first-order valence-corrected chi connectivity index (χ1v) is 6.58. The maximum absolute atomic E-state index is 12.7. The smallest absolute Gasteiger partial charge is 0.259 e. The van der Waals surface area contributed by atoms with E-state index in [1.165, 1.54) is 18.3 Å². The van der Waals surface area contributed by atoms with Gasteiger partial charge in [-0.15, -0.1) is 0 Å². The van der Waals surface area contributed by atoms with E-state index in [1.54, 1.807) is 30.3 Å². The quantitative estimate of drug-likeness (QED) is 0.659. The third-order valence-corrected chi connectivity index (χ3v) is 2.78. The van der Waals surface area contributed by atoms with Crippen LogP contribution < -0.4 is 10.7 Å². The zero-order chi connectivity index (χ0) is 15.1. The molecule has 2 N–H and O–H groups in total. The number of nitrogens with one attached hydrogen (secondary N) is 2. The van der Waals surface area contributed by atoms with Crippen LogP contribution in [-0.2, 0) is 4.79 Å². The minimum absolute atomic E-state index is 0.0402. The standard InChI is InChI=1S/C15H13ClFN3O/c16-12-3-1-2-11(8-12)9-19-20-15(21)10-18-14-6-4-13(17)5-7-14/h1-9,18H,10H2,(H,20,21)/b19-9-. The molecule has 21 heavy (non-hydrogen) atoms. The highest BCUT2D eigenvalue weighted by Crippen LogP contribution is 2.09. The summed E-state index contributed by atoms with van der Waals surface area (Å²) in [4.78, 5) is 11.6. The van der Waals surface area contributed by atoms with Gasteiger partial charge in [-0.05, 0) is 42.0 Å². The molecule has 0 unspecified atom stereocenters. The Morgan fingerprint density at radius 2 is 2.00 bits per heavy atom. The Morgan fingerprint density at radius 1 is 1.24 bits per heavy atom. The average molecular weight is 306 g/mol. The summed E-state index contributed by atoms with van der Waals surface area (Å²) in [5, 5.41) is 7.28. The Hall–Kier alpha value is -2.40. The highest BCUT2D eigenvalue weighted by Gasteiger charge is 1.99. The fourth-order valence-electron chi connectivity index (χ4n) is 1.56. The summed E-state index contributed by atoms with van der Waals surface area (Å²) in [5.74, 6) is -0.631. The van der Waals surface area contributed by atoms with Crippen LogP contribution >= 0.6 is 11.6 Å². The number of hydrogen-bond donors (Lipinski definition) is 2. The van der Waals surface area contributed by atoms with Crippen LogP contribution in [0, 0.1) is 5.82 Å². The minimum atomic E-state index is -0.323. The fraction of sp³-hybridized carbons (Fsp3) is 0.0667. The molecule has 0 aliphatic heterocycles. The van der Waals surface area contributed by atoms with E-state index in [2.05, 4.69) is 15.8 Å². The normalized spacial score (nSPS) is 10.6. The van der Waals surface area contributed by atoms with Crippen LogP contribution in [0.3, 0.4) is 0 Å². The van der Waals surface area contributed by atoms with Crippen molar-refractivity contribution in [1.82, 2.24) is 5.43 Å². The molecule has 2 aromatic carbocycles. The van der Waals surface area contributed by atoms with E-state index in [1.807, 2.05) is 6.07 Å². The number of amides is 1. The second kappa shape index (κ2) is 7.40. The van der Waals surface area contributed by atoms with Crippen molar-refractivity contribution in [3.8, 4) is 0 Å². The first kappa shape index (κ1) is 15.0. The molecule has 0 aliphatic rings. The van der Waals surface area contributed by atoms with E-state index in [0.717, 1.165) is 5.56 Å². The van der Waals surface area contributed by atoms with Gasteiger partial charge < -0.3 is 5.32 Å². The van der Waals surface area contributed by atoms with Gasteiger partial charge in [0.15, 0.2) is 0 Å². The Labute approximate surface area is 126 Å². The van der Waals surface area contributed by atoms with E-state index < -0.39 is 0 Å². The maximum Gasteiger partial charge on any atom is 0.259 e. The number of hydrazone groups is 1. The number of carbonyl (C=O) groups excluding carboxylic acids is 1. The fourth-order valence-corrected chi connectivity index (χ4v) is 1.75. The Morgan fingerprint density at radius 3 is 2.71 bits per heavy atom. The summed E-state index contributed by atoms with van der Waals surface area (Å²) < 4.78 is 12.7. The van der Waals surface area contributed by atoms with E-state index in [-0.39, 0.29) is 18.3 Å². The molecular weight excluding hydrogens is 293 g/mol. The Kier molecular flexibility index (Phi) is 5.29. The predicted octanol–water partition coefficient (Wildman–Crippen LogP) is 3.04. The SMILES string of the molecule is O=C(CNc1ccc(F)cc1)N/N=C\c1cccc(Cl)c1. The van der Waals surface area contributed by atoms with Gasteiger partial charge in [-0.1, -0.05) is 23.7 Å². The number of rotatable bonds is 5. The van der Waals surface area contributed by atoms with Crippen LogP contribution in [0.15, 0.2) is 53.6 Å². The molecule has 1 amide bonds. The van der Waals surface area contributed by atoms with Crippen molar-refractivity contribution in [2.45, 2.75) is 0 Å². The average Bonchev–Trinajstić information content (AvgIpc) is 2.47. The Balaban J connectivity index is 1.78. The molecule has 2 rings (SSSR count). The maximum atomic E-state index is 12.7. The minimum Gasteiger partial charge on any atom is -0.376 e. The van der Waals surface area contributed by atoms with Gasteiger partial charge in [-0.3, -0.25) is 4.79 Å². The lowest BCUT2D eigenvalue weighted by molar-refractivity contribution is -0.119. The van der Waals surface area contributed by atoms with Gasteiger partial charge in [-0.2, -0.15) is 5.10 Å². The van der Waals surface area contributed by atoms with E-state index in [4.69, 9.17) is 11.6 Å². The molecule has 0 atom stereocenters. The highest BCUT2D eigenvalue weighted by molar-refractivity contribution is 6.30. The number of carbonyl (C=O) groups is 1. The molecule has 108 valence electrons. The molecule has 0 spiro atoms. The van der Waals surface area contributed by atoms with Gasteiger partial charge in [0.1, 0.15) is 5.82 Å². The summed E-state index contributed by atoms with van der Waals surface area (Å²) in [6.07, 6.45) is 1.50. The second-order valence-electron chi connectivity index (χ2n) is 4.21. The molecule has 0 radical (unpaired) electrons. The second-order valence-corrected chi connectivity index (χ2v) is 4.65. The lowest BCUT2D eigenvalue weighted by Crippen LogP contribution is -2.25. The summed E-state index contributed by atoms with van der Waals surface area (Å²) in [6, 6.07) is 12.8. The zero-order valence-corrected chi connectivity index (χ0v) is 11.8. The molecule has 6 heteroatoms. The van der Waals surface area contributed by atoms with Gasteiger partial charge in [0.25, 0.3) is 5.91 Å². The first-order valence-electron chi connectivity index (χ1n) is 6.20. The summed E-state index contributed by atoms with van der Waals surface area (Å²) >= 11 is 5.83. The lowest BCUT2D eigenvalue weighted by Gasteiger charge is -2.04. The van der Waals surface area contributed by atoms with Crippen LogP contribution in [-0.4, -0.2) is 18.7 Å². The molecular formula is C15H13ClFN3O. The van der Waals surface area contributed by atoms with Gasteiger partial charge in [0, 0.05) is 10.7 Å². The predicted molar refractivity (Wildman–Crippen MR) is 82.1 cm³/mol. The number of anilines is 1. The number of nitrogens with zero attached hydrogens (tertiary/aromatic N) is 1. The topological polar surface area (TPSA) is 53.5 Å². The molecule has 0 saturated carbocycles. The molecule has 0 bridgehead atoms. The van der Waals surface area contributed by atoms with Crippen molar-refractivity contribution >= 4 is 29.4 Å². The van der Waals surface area contributed by atoms with Crippen molar-refractivity contribution in [3.63, 3.8) is 0 Å². The Bertz CT molecular complexity index is 644. The molecule has 0 heterocycles. The summed E-state index contributed by atoms with van der Waals surface area (Å²) in [5.41, 5.74) is 3.83.